The second-order valence-electron chi connectivity index (χ2n) is 8.87. The molecular formula is C25H24Cl2N6O5S2. The monoisotopic (exact) mass is 622 g/mol. The predicted molar refractivity (Wildman–Crippen MR) is 157 cm³/mol. The number of hydrogen-bond donors (Lipinski definition) is 3. The van der Waals surface area contributed by atoms with Crippen molar-refractivity contribution in [3.8, 4) is 34.0 Å². The van der Waals surface area contributed by atoms with Crippen molar-refractivity contribution in [2.45, 2.75) is 19.1 Å². The van der Waals surface area contributed by atoms with Crippen molar-refractivity contribution >= 4 is 60.5 Å². The zero-order chi connectivity index (χ0) is 29.4. The molecule has 0 fully saturated rings. The molecule has 5 aromatic rings. The Hall–Kier alpha value is -3.49. The lowest BCUT2D eigenvalue weighted by Gasteiger charge is -2.11. The number of nitrogen functional groups attached to an aromatic ring is 1. The number of fused-ring (bicyclic) bond motifs is 1. The van der Waals surface area contributed by atoms with Crippen LogP contribution in [0.4, 0.5) is 5.95 Å². The van der Waals surface area contributed by atoms with Crippen molar-refractivity contribution in [1.82, 2.24) is 23.9 Å². The van der Waals surface area contributed by atoms with E-state index in [1.807, 2.05) is 30.3 Å². The second kappa shape index (κ2) is 11.2. The highest BCUT2D eigenvalue weighted by molar-refractivity contribution is 7.90. The summed E-state index contributed by atoms with van der Waals surface area (Å²) in [5.74, 6) is 0.314. The number of pyridine rings is 1. The molecule has 0 bridgehead atoms. The smallest absolute Gasteiger partial charge is 0.261 e. The molecule has 0 atom stereocenters. The molecule has 11 nitrogen and oxygen atoms in total. The van der Waals surface area contributed by atoms with Gasteiger partial charge in [0.1, 0.15) is 11.3 Å². The molecule has 0 saturated carbocycles. The topological polar surface area (TPSA) is 174 Å². The molecule has 40 heavy (non-hydrogen) atoms. The molecule has 210 valence electrons. The summed E-state index contributed by atoms with van der Waals surface area (Å²) in [5, 5.41) is 0.165. The second-order valence-corrected chi connectivity index (χ2v) is 13.5. The molecule has 15 heteroatoms. The average Bonchev–Trinajstić information content (AvgIpc) is 3.44. The van der Waals surface area contributed by atoms with Crippen molar-refractivity contribution in [2.75, 3.05) is 12.0 Å². The zero-order valence-corrected chi connectivity index (χ0v) is 24.5. The molecule has 0 amide bonds. The van der Waals surface area contributed by atoms with Crippen LogP contribution >= 0.6 is 23.2 Å². The number of imidazole rings is 2. The minimum Gasteiger partial charge on any atom is -0.368 e. The first-order valence-electron chi connectivity index (χ1n) is 11.6. The van der Waals surface area contributed by atoms with E-state index in [1.165, 1.54) is 0 Å². The van der Waals surface area contributed by atoms with E-state index in [9.17, 15) is 16.8 Å². The third-order valence-corrected chi connectivity index (χ3v) is 8.24. The summed E-state index contributed by atoms with van der Waals surface area (Å²) in [7, 11) is -7.46. The van der Waals surface area contributed by atoms with Gasteiger partial charge in [0.15, 0.2) is 5.65 Å². The highest BCUT2D eigenvalue weighted by Crippen LogP contribution is 2.38. The number of anilines is 1. The normalized spacial score (nSPS) is 12.0. The van der Waals surface area contributed by atoms with Crippen LogP contribution in [0, 0.1) is 0 Å². The van der Waals surface area contributed by atoms with Gasteiger partial charge in [0.25, 0.3) is 10.1 Å². The first-order chi connectivity index (χ1) is 18.7. The van der Waals surface area contributed by atoms with Crippen molar-refractivity contribution in [3.05, 3.63) is 70.7 Å². The van der Waals surface area contributed by atoms with E-state index in [-0.39, 0.29) is 11.6 Å². The van der Waals surface area contributed by atoms with Crippen LogP contribution in [0.25, 0.3) is 45.2 Å². The SMILES string of the molecule is CC(C)S(=O)(=O)n1c(N)nc2ccc(-c3[nH]c(-c4c(Cl)cccc4Cl)nc3-c3ccccc3)nc21.CS(=O)(=O)O. The van der Waals surface area contributed by atoms with Crippen LogP contribution in [0.3, 0.4) is 0 Å². The third-order valence-electron chi connectivity index (χ3n) is 5.55. The molecule has 5 rings (SSSR count). The minimum atomic E-state index is -3.80. The van der Waals surface area contributed by atoms with E-state index in [0.717, 1.165) is 9.54 Å². The molecule has 0 unspecified atom stereocenters. The van der Waals surface area contributed by atoms with Crippen LogP contribution in [-0.4, -0.2) is 56.8 Å². The number of aromatic nitrogens is 5. The number of rotatable bonds is 5. The molecule has 0 aliphatic carbocycles. The molecule has 3 heterocycles. The summed E-state index contributed by atoms with van der Waals surface area (Å²) in [4.78, 5) is 16.9. The van der Waals surface area contributed by atoms with E-state index in [2.05, 4.69) is 15.0 Å². The van der Waals surface area contributed by atoms with Crippen molar-refractivity contribution in [1.29, 1.82) is 0 Å². The van der Waals surface area contributed by atoms with Gasteiger partial charge in [-0.05, 0) is 38.1 Å². The fourth-order valence-corrected chi connectivity index (χ4v) is 5.44. The van der Waals surface area contributed by atoms with E-state index >= 15 is 0 Å². The van der Waals surface area contributed by atoms with Crippen LogP contribution in [0.15, 0.2) is 60.7 Å². The first kappa shape index (κ1) is 29.5. The lowest BCUT2D eigenvalue weighted by atomic mass is 10.1. The number of nitrogens with one attached hydrogen (secondary N) is 1. The van der Waals surface area contributed by atoms with Crippen molar-refractivity contribution in [3.63, 3.8) is 0 Å². The quantitative estimate of drug-likeness (QED) is 0.224. The maximum Gasteiger partial charge on any atom is 0.261 e. The zero-order valence-electron chi connectivity index (χ0n) is 21.4. The maximum atomic E-state index is 13.0. The minimum absolute atomic E-state index is 0.139. The predicted octanol–water partition coefficient (Wildman–Crippen LogP) is 5.13. The summed E-state index contributed by atoms with van der Waals surface area (Å²) in [6.07, 6.45) is 0.715. The molecule has 0 radical (unpaired) electrons. The number of aromatic amines is 1. The van der Waals surface area contributed by atoms with E-state index < -0.39 is 25.4 Å². The standard InChI is InChI=1S/C24H20Cl2N6O2S.CH4O3S/c1-13(2)35(33,34)32-23-18(29-24(32)27)12-11-17(28-23)21-20(14-7-4-3-5-8-14)30-22(31-21)19-15(25)9-6-10-16(19)26;1-5(2,3)4/h3-13H,1-2H3,(H2,27,29)(H,30,31);1H3,(H,2,3,4). The highest BCUT2D eigenvalue weighted by atomic mass is 35.5. The lowest BCUT2D eigenvalue weighted by Crippen LogP contribution is -2.24. The Balaban J connectivity index is 0.000000681. The summed E-state index contributed by atoms with van der Waals surface area (Å²) in [6.45, 7) is 3.15. The maximum absolute atomic E-state index is 13.0. The number of nitrogens with zero attached hydrogens (tertiary/aromatic N) is 4. The Morgan fingerprint density at radius 2 is 1.50 bits per heavy atom. The Morgan fingerprint density at radius 3 is 2.08 bits per heavy atom. The van der Waals surface area contributed by atoms with Crippen molar-refractivity contribution in [2.24, 2.45) is 0 Å². The molecule has 4 N–H and O–H groups in total. The van der Waals surface area contributed by atoms with Gasteiger partial charge in [-0.15, -0.1) is 0 Å². The third kappa shape index (κ3) is 6.13. The van der Waals surface area contributed by atoms with Crippen LogP contribution in [0.2, 0.25) is 10.0 Å². The summed E-state index contributed by atoms with van der Waals surface area (Å²) in [6, 6.07) is 18.2. The summed E-state index contributed by atoms with van der Waals surface area (Å²) < 4.78 is 52.8. The molecule has 0 aliphatic rings. The van der Waals surface area contributed by atoms with E-state index in [0.29, 0.717) is 50.3 Å². The number of H-pyrrole nitrogens is 1. The highest BCUT2D eigenvalue weighted by Gasteiger charge is 2.26. The van der Waals surface area contributed by atoms with Gasteiger partial charge in [-0.2, -0.15) is 12.4 Å². The summed E-state index contributed by atoms with van der Waals surface area (Å²) >= 11 is 12.9. The molecular weight excluding hydrogens is 599 g/mol. The Morgan fingerprint density at radius 1 is 0.900 bits per heavy atom. The molecule has 3 aromatic heterocycles. The molecule has 0 spiro atoms. The fourth-order valence-electron chi connectivity index (χ4n) is 3.76. The molecule has 0 aliphatic heterocycles. The molecule has 0 saturated heterocycles. The van der Waals surface area contributed by atoms with E-state index in [4.69, 9.17) is 38.5 Å². The largest absolute Gasteiger partial charge is 0.368 e. The van der Waals surface area contributed by atoms with Crippen LogP contribution < -0.4 is 5.73 Å². The number of halogens is 2. The van der Waals surface area contributed by atoms with Gasteiger partial charge in [-0.1, -0.05) is 59.6 Å². The van der Waals surface area contributed by atoms with Crippen LogP contribution in [-0.2, 0) is 20.1 Å². The van der Waals surface area contributed by atoms with Gasteiger partial charge in [0.05, 0.1) is 44.2 Å². The van der Waals surface area contributed by atoms with Gasteiger partial charge in [0.2, 0.25) is 16.0 Å². The lowest BCUT2D eigenvalue weighted by molar-refractivity contribution is 0.490. The Bertz CT molecular complexity index is 1890. The van der Waals surface area contributed by atoms with Gasteiger partial charge in [-0.25, -0.2) is 23.4 Å². The van der Waals surface area contributed by atoms with Crippen LogP contribution in [0.1, 0.15) is 13.8 Å². The number of hydrogen-bond acceptors (Lipinski definition) is 8. The fraction of sp³-hybridized carbons (Fsp3) is 0.160. The first-order valence-corrected chi connectivity index (χ1v) is 15.7. The van der Waals surface area contributed by atoms with Gasteiger partial charge in [-0.3, -0.25) is 4.55 Å². The van der Waals surface area contributed by atoms with E-state index in [1.54, 1.807) is 44.2 Å². The van der Waals surface area contributed by atoms with Gasteiger partial charge < -0.3 is 10.7 Å². The van der Waals surface area contributed by atoms with Gasteiger partial charge in [0, 0.05) is 5.56 Å². The Kier molecular flexibility index (Phi) is 8.24. The molecule has 2 aromatic carbocycles. The number of benzene rings is 2. The average molecular weight is 624 g/mol. The Labute approximate surface area is 240 Å². The number of nitrogens with two attached hydrogens (primary N) is 1. The van der Waals surface area contributed by atoms with Crippen LogP contribution in [0.5, 0.6) is 0 Å². The van der Waals surface area contributed by atoms with Gasteiger partial charge >= 0.3 is 0 Å². The summed E-state index contributed by atoms with van der Waals surface area (Å²) in [5.41, 5.74) is 9.50. The van der Waals surface area contributed by atoms with Crippen molar-refractivity contribution < 1.29 is 21.4 Å².